The lowest BCUT2D eigenvalue weighted by Crippen LogP contribution is -2.35. The molecule has 0 aromatic heterocycles. The molecule has 0 fully saturated rings. The van der Waals surface area contributed by atoms with Crippen molar-refractivity contribution < 1.29 is 0 Å². The molecule has 0 N–H and O–H groups in total. The molecule has 0 aliphatic heterocycles. The van der Waals surface area contributed by atoms with E-state index in [2.05, 4.69) is 34.2 Å². The lowest BCUT2D eigenvalue weighted by molar-refractivity contribution is 0.479. The van der Waals surface area contributed by atoms with Crippen LogP contribution in [0.25, 0.3) is 0 Å². The fourth-order valence-electron chi connectivity index (χ4n) is 1.78. The topological polar surface area (TPSA) is 22.1 Å². The van der Waals surface area contributed by atoms with Crippen molar-refractivity contribution in [3.8, 4) is 0 Å². The summed E-state index contributed by atoms with van der Waals surface area (Å²) in [5.74, 6) is 0.977. The van der Waals surface area contributed by atoms with Gasteiger partial charge < -0.3 is 14.7 Å². The maximum Gasteiger partial charge on any atom is 0.195 e. The number of anilines is 1. The predicted molar refractivity (Wildman–Crippen MR) is 79.3 cm³/mol. The Kier molecular flexibility index (Phi) is 5.01. The molecule has 1 aromatic carbocycles. The van der Waals surface area contributed by atoms with E-state index in [9.17, 15) is 0 Å². The summed E-state index contributed by atoms with van der Waals surface area (Å²) in [5, 5.41) is 0. The molecule has 0 unspecified atom stereocenters. The van der Waals surface area contributed by atoms with E-state index in [1.54, 1.807) is 0 Å². The molecule has 1 aromatic rings. The fourth-order valence-corrected chi connectivity index (χ4v) is 1.78. The largest absolute Gasteiger partial charge is 0.378 e. The zero-order chi connectivity index (χ0) is 13.7. The van der Waals surface area contributed by atoms with E-state index in [-0.39, 0.29) is 0 Å². The first-order chi connectivity index (χ1) is 8.41. The smallest absolute Gasteiger partial charge is 0.195 e. The predicted octanol–water partition coefficient (Wildman–Crippen LogP) is 1.73. The minimum Gasteiger partial charge on any atom is -0.378 e. The summed E-state index contributed by atoms with van der Waals surface area (Å²) in [4.78, 5) is 10.8. The van der Waals surface area contributed by atoms with Gasteiger partial charge in [-0.15, -0.1) is 0 Å². The number of aliphatic imine (C=N–C) groups is 1. The molecule has 0 bridgehead atoms. The van der Waals surface area contributed by atoms with Gasteiger partial charge in [-0.25, -0.2) is 4.99 Å². The van der Waals surface area contributed by atoms with Crippen LogP contribution < -0.4 is 4.90 Å². The van der Waals surface area contributed by atoms with Crippen LogP contribution in [0, 0.1) is 0 Å². The molecule has 4 nitrogen and oxygen atoms in total. The lowest BCUT2D eigenvalue weighted by atomic mass is 10.2. The van der Waals surface area contributed by atoms with Crippen molar-refractivity contribution in [2.45, 2.75) is 6.54 Å². The van der Waals surface area contributed by atoms with Gasteiger partial charge in [0.1, 0.15) is 0 Å². The second kappa shape index (κ2) is 6.28. The Morgan fingerprint density at radius 1 is 1.00 bits per heavy atom. The number of hydrogen-bond donors (Lipinski definition) is 0. The van der Waals surface area contributed by atoms with Crippen molar-refractivity contribution in [1.82, 2.24) is 9.80 Å². The Hall–Kier alpha value is -1.71. The Labute approximate surface area is 111 Å². The SMILES string of the molecule is CN(C)C(=NCc1cccc(N(C)C)c1)N(C)C. The minimum absolute atomic E-state index is 0.702. The van der Waals surface area contributed by atoms with Crippen LogP contribution in [0.4, 0.5) is 5.69 Å². The molecule has 4 heteroatoms. The third-order valence-corrected chi connectivity index (χ3v) is 2.63. The molecule has 18 heavy (non-hydrogen) atoms. The quantitative estimate of drug-likeness (QED) is 0.601. The maximum absolute atomic E-state index is 4.64. The lowest BCUT2D eigenvalue weighted by Gasteiger charge is -2.22. The second-order valence-corrected chi connectivity index (χ2v) is 4.97. The summed E-state index contributed by atoms with van der Waals surface area (Å²) < 4.78 is 0. The van der Waals surface area contributed by atoms with E-state index in [4.69, 9.17) is 0 Å². The molecule has 0 saturated carbocycles. The van der Waals surface area contributed by atoms with Crippen molar-refractivity contribution in [1.29, 1.82) is 0 Å². The standard InChI is InChI=1S/C14H24N4/c1-16(2)13-9-7-8-12(10-13)11-15-14(17(3)4)18(5)6/h7-10H,11H2,1-6H3. The molecule has 0 amide bonds. The van der Waals surface area contributed by atoms with E-state index in [0.29, 0.717) is 6.54 Å². The number of guanidine groups is 1. The van der Waals surface area contributed by atoms with Crippen LogP contribution in [0.5, 0.6) is 0 Å². The van der Waals surface area contributed by atoms with Crippen LogP contribution in [0.1, 0.15) is 5.56 Å². The Balaban J connectivity index is 2.84. The molecule has 0 spiro atoms. The Bertz CT molecular complexity index is 398. The first-order valence-electron chi connectivity index (χ1n) is 6.07. The Morgan fingerprint density at radius 2 is 1.61 bits per heavy atom. The van der Waals surface area contributed by atoms with Crippen LogP contribution in [0.2, 0.25) is 0 Å². The highest BCUT2D eigenvalue weighted by Crippen LogP contribution is 2.14. The van der Waals surface area contributed by atoms with Crippen molar-refractivity contribution in [3.63, 3.8) is 0 Å². The number of nitrogens with zero attached hydrogens (tertiary/aromatic N) is 4. The third-order valence-electron chi connectivity index (χ3n) is 2.63. The van der Waals surface area contributed by atoms with Gasteiger partial charge in [0.25, 0.3) is 0 Å². The number of rotatable bonds is 3. The van der Waals surface area contributed by atoms with Crippen LogP contribution in [-0.4, -0.2) is 58.0 Å². The number of hydrogen-bond acceptors (Lipinski definition) is 2. The average Bonchev–Trinajstić information content (AvgIpc) is 2.28. The molecule has 0 radical (unpaired) electrons. The zero-order valence-corrected chi connectivity index (χ0v) is 12.3. The molecule has 1 rings (SSSR count). The van der Waals surface area contributed by atoms with Gasteiger partial charge in [0.05, 0.1) is 6.54 Å². The summed E-state index contributed by atoms with van der Waals surface area (Å²) >= 11 is 0. The van der Waals surface area contributed by atoms with Gasteiger partial charge in [0.15, 0.2) is 5.96 Å². The van der Waals surface area contributed by atoms with Crippen molar-refractivity contribution in [2.24, 2.45) is 4.99 Å². The highest BCUT2D eigenvalue weighted by molar-refractivity contribution is 5.79. The van der Waals surface area contributed by atoms with Crippen molar-refractivity contribution in [3.05, 3.63) is 29.8 Å². The van der Waals surface area contributed by atoms with Gasteiger partial charge in [-0.2, -0.15) is 0 Å². The first-order valence-corrected chi connectivity index (χ1v) is 6.07. The summed E-state index contributed by atoms with van der Waals surface area (Å²) in [6.07, 6.45) is 0. The normalized spacial score (nSPS) is 9.89. The summed E-state index contributed by atoms with van der Waals surface area (Å²) in [7, 11) is 12.1. The Morgan fingerprint density at radius 3 is 2.11 bits per heavy atom. The monoisotopic (exact) mass is 248 g/mol. The van der Waals surface area contributed by atoms with E-state index in [1.807, 2.05) is 52.1 Å². The van der Waals surface area contributed by atoms with E-state index in [0.717, 1.165) is 5.96 Å². The molecule has 0 aliphatic rings. The highest BCUT2D eigenvalue weighted by Gasteiger charge is 2.04. The number of benzene rings is 1. The minimum atomic E-state index is 0.702. The van der Waals surface area contributed by atoms with Gasteiger partial charge in [-0.05, 0) is 17.7 Å². The van der Waals surface area contributed by atoms with Gasteiger partial charge in [-0.1, -0.05) is 12.1 Å². The molecule has 0 atom stereocenters. The molecule has 0 saturated heterocycles. The summed E-state index contributed by atoms with van der Waals surface area (Å²) in [6.45, 7) is 0.702. The molecular formula is C14H24N4. The van der Waals surface area contributed by atoms with Gasteiger partial charge in [-0.3, -0.25) is 0 Å². The fraction of sp³-hybridized carbons (Fsp3) is 0.500. The van der Waals surface area contributed by atoms with Crippen LogP contribution in [0.3, 0.4) is 0 Å². The third kappa shape index (κ3) is 3.95. The van der Waals surface area contributed by atoms with Crippen molar-refractivity contribution in [2.75, 3.05) is 47.2 Å². The van der Waals surface area contributed by atoms with Gasteiger partial charge in [0, 0.05) is 48.0 Å². The summed E-state index contributed by atoms with van der Waals surface area (Å²) in [5.41, 5.74) is 2.43. The maximum atomic E-state index is 4.64. The van der Waals surface area contributed by atoms with Crippen molar-refractivity contribution >= 4 is 11.6 Å². The molecule has 0 heterocycles. The average molecular weight is 248 g/mol. The van der Waals surface area contributed by atoms with E-state index >= 15 is 0 Å². The van der Waals surface area contributed by atoms with Gasteiger partial charge in [0.2, 0.25) is 0 Å². The van der Waals surface area contributed by atoms with Gasteiger partial charge >= 0.3 is 0 Å². The molecule has 0 aliphatic carbocycles. The van der Waals surface area contributed by atoms with Crippen LogP contribution in [0.15, 0.2) is 29.3 Å². The molecule has 100 valence electrons. The van der Waals surface area contributed by atoms with Crippen LogP contribution >= 0.6 is 0 Å². The first kappa shape index (κ1) is 14.4. The summed E-state index contributed by atoms with van der Waals surface area (Å²) in [6, 6.07) is 8.46. The second-order valence-electron chi connectivity index (χ2n) is 4.97. The van der Waals surface area contributed by atoms with Crippen LogP contribution in [-0.2, 0) is 6.54 Å². The van der Waals surface area contributed by atoms with E-state index < -0.39 is 0 Å². The highest BCUT2D eigenvalue weighted by atomic mass is 15.3. The molecular weight excluding hydrogens is 224 g/mol. The zero-order valence-electron chi connectivity index (χ0n) is 12.3. The van der Waals surface area contributed by atoms with E-state index in [1.165, 1.54) is 11.3 Å².